The van der Waals surface area contributed by atoms with Crippen LogP contribution >= 0.6 is 11.3 Å². The lowest BCUT2D eigenvalue weighted by Crippen LogP contribution is -2.39. The number of para-hydroxylation sites is 1. The molecule has 0 radical (unpaired) electrons. The van der Waals surface area contributed by atoms with Gasteiger partial charge in [-0.3, -0.25) is 10.1 Å². The number of aromatic nitrogens is 1. The van der Waals surface area contributed by atoms with Gasteiger partial charge in [-0.15, -0.1) is 11.3 Å². The predicted molar refractivity (Wildman–Crippen MR) is 97.0 cm³/mol. The van der Waals surface area contributed by atoms with Gasteiger partial charge < -0.3 is 4.74 Å². The molecule has 0 fully saturated rings. The van der Waals surface area contributed by atoms with Gasteiger partial charge in [0, 0.05) is 6.54 Å². The van der Waals surface area contributed by atoms with Gasteiger partial charge in [0.1, 0.15) is 11.0 Å². The fraction of sp³-hybridized carbons (Fsp3) is 0.263. The van der Waals surface area contributed by atoms with Crippen molar-refractivity contribution in [1.29, 1.82) is 0 Å². The summed E-state index contributed by atoms with van der Waals surface area (Å²) in [5, 5.41) is 4.27. The number of nitrogens with one attached hydrogen (secondary N) is 1. The van der Waals surface area contributed by atoms with Crippen molar-refractivity contribution in [3.8, 4) is 0 Å². The molecule has 1 N–H and O–H groups in total. The first-order valence-corrected chi connectivity index (χ1v) is 8.86. The van der Waals surface area contributed by atoms with Crippen LogP contribution in [0.25, 0.3) is 10.2 Å². The van der Waals surface area contributed by atoms with E-state index in [1.54, 1.807) is 11.3 Å². The van der Waals surface area contributed by atoms with Gasteiger partial charge in [0.25, 0.3) is 0 Å². The molecular weight excluding hydrogens is 320 g/mol. The molecule has 0 aliphatic heterocycles. The highest BCUT2D eigenvalue weighted by Gasteiger charge is 2.20. The largest absolute Gasteiger partial charge is 0.465 e. The van der Waals surface area contributed by atoms with Crippen molar-refractivity contribution in [2.75, 3.05) is 6.61 Å². The Morgan fingerprint density at radius 1 is 1.17 bits per heavy atom. The normalized spacial score (nSPS) is 12.2. The maximum Gasteiger partial charge on any atom is 0.323 e. The molecule has 0 aliphatic carbocycles. The smallest absolute Gasteiger partial charge is 0.323 e. The molecule has 0 aliphatic rings. The standard InChI is InChI=1S/C19H20N2O2S/c1-2-23-19(22)16(12-14-8-4-3-5-9-14)20-13-18-21-15-10-6-7-11-17(15)24-18/h3-11,16,20H,2,12-13H2,1H3/t16-/m0/s1. The lowest BCUT2D eigenvalue weighted by atomic mass is 10.1. The molecule has 0 unspecified atom stereocenters. The van der Waals surface area contributed by atoms with Crippen molar-refractivity contribution in [3.63, 3.8) is 0 Å². The molecule has 0 saturated heterocycles. The van der Waals surface area contributed by atoms with E-state index >= 15 is 0 Å². The molecule has 0 amide bonds. The minimum Gasteiger partial charge on any atom is -0.465 e. The summed E-state index contributed by atoms with van der Waals surface area (Å²) in [6.07, 6.45) is 0.602. The first-order valence-electron chi connectivity index (χ1n) is 8.04. The Balaban J connectivity index is 1.69. The first-order chi connectivity index (χ1) is 11.8. The summed E-state index contributed by atoms with van der Waals surface area (Å²) in [5.41, 5.74) is 2.10. The zero-order valence-electron chi connectivity index (χ0n) is 13.6. The van der Waals surface area contributed by atoms with E-state index in [4.69, 9.17) is 4.74 Å². The number of ether oxygens (including phenoxy) is 1. The molecule has 4 nitrogen and oxygen atoms in total. The molecule has 124 valence electrons. The monoisotopic (exact) mass is 340 g/mol. The number of thiazole rings is 1. The minimum atomic E-state index is -0.376. The second kappa shape index (κ2) is 8.04. The highest BCUT2D eigenvalue weighted by molar-refractivity contribution is 7.18. The van der Waals surface area contributed by atoms with E-state index in [0.717, 1.165) is 20.8 Å². The van der Waals surface area contributed by atoms with Gasteiger partial charge in [0.2, 0.25) is 0 Å². The molecular formula is C19H20N2O2S. The topological polar surface area (TPSA) is 51.2 Å². The van der Waals surface area contributed by atoms with Gasteiger partial charge in [-0.1, -0.05) is 42.5 Å². The van der Waals surface area contributed by atoms with Gasteiger partial charge in [-0.25, -0.2) is 4.98 Å². The van der Waals surface area contributed by atoms with Gasteiger partial charge in [-0.2, -0.15) is 0 Å². The maximum atomic E-state index is 12.2. The van der Waals surface area contributed by atoms with Gasteiger partial charge in [-0.05, 0) is 31.0 Å². The zero-order chi connectivity index (χ0) is 16.8. The van der Waals surface area contributed by atoms with Crippen LogP contribution in [0.15, 0.2) is 54.6 Å². The third-order valence-corrected chi connectivity index (χ3v) is 4.73. The minimum absolute atomic E-state index is 0.220. The fourth-order valence-corrected chi connectivity index (χ4v) is 3.46. The van der Waals surface area contributed by atoms with Crippen molar-refractivity contribution in [1.82, 2.24) is 10.3 Å². The number of rotatable bonds is 7. The van der Waals surface area contributed by atoms with Crippen molar-refractivity contribution < 1.29 is 9.53 Å². The summed E-state index contributed by atoms with van der Waals surface area (Å²) in [6.45, 7) is 2.76. The van der Waals surface area contributed by atoms with Crippen molar-refractivity contribution in [2.45, 2.75) is 25.9 Å². The van der Waals surface area contributed by atoms with Gasteiger partial charge in [0.15, 0.2) is 0 Å². The number of fused-ring (bicyclic) bond motifs is 1. The van der Waals surface area contributed by atoms with Crippen molar-refractivity contribution >= 4 is 27.5 Å². The van der Waals surface area contributed by atoms with E-state index in [0.29, 0.717) is 19.6 Å². The van der Waals surface area contributed by atoms with E-state index in [2.05, 4.69) is 16.4 Å². The Morgan fingerprint density at radius 3 is 2.67 bits per heavy atom. The van der Waals surface area contributed by atoms with Crippen LogP contribution in [0.4, 0.5) is 0 Å². The Morgan fingerprint density at radius 2 is 1.92 bits per heavy atom. The van der Waals surface area contributed by atoms with Crippen LogP contribution < -0.4 is 5.32 Å². The van der Waals surface area contributed by atoms with E-state index in [9.17, 15) is 4.79 Å². The third kappa shape index (κ3) is 4.19. The van der Waals surface area contributed by atoms with Crippen LogP contribution in [0.1, 0.15) is 17.5 Å². The highest BCUT2D eigenvalue weighted by atomic mass is 32.1. The van der Waals surface area contributed by atoms with Crippen molar-refractivity contribution in [3.05, 3.63) is 65.2 Å². The average Bonchev–Trinajstić information content (AvgIpc) is 3.02. The molecule has 2 aromatic carbocycles. The third-order valence-electron chi connectivity index (χ3n) is 3.69. The lowest BCUT2D eigenvalue weighted by molar-refractivity contribution is -0.145. The van der Waals surface area contributed by atoms with Gasteiger partial charge >= 0.3 is 5.97 Å². The van der Waals surface area contributed by atoms with Gasteiger partial charge in [0.05, 0.1) is 16.8 Å². The van der Waals surface area contributed by atoms with Crippen LogP contribution in [0.3, 0.4) is 0 Å². The summed E-state index contributed by atoms with van der Waals surface area (Å²) in [5.74, 6) is -0.220. The van der Waals surface area contributed by atoms with E-state index in [1.807, 2.05) is 55.5 Å². The number of hydrogen-bond donors (Lipinski definition) is 1. The summed E-state index contributed by atoms with van der Waals surface area (Å²) >= 11 is 1.64. The molecule has 5 heteroatoms. The van der Waals surface area contributed by atoms with Crippen LogP contribution in [-0.4, -0.2) is 23.6 Å². The molecule has 24 heavy (non-hydrogen) atoms. The number of carbonyl (C=O) groups excluding carboxylic acids is 1. The number of benzene rings is 2. The molecule has 0 spiro atoms. The lowest BCUT2D eigenvalue weighted by Gasteiger charge is -2.16. The van der Waals surface area contributed by atoms with Crippen molar-refractivity contribution in [2.24, 2.45) is 0 Å². The summed E-state index contributed by atoms with van der Waals surface area (Å²) < 4.78 is 6.36. The summed E-state index contributed by atoms with van der Waals surface area (Å²) in [7, 11) is 0. The second-order valence-electron chi connectivity index (χ2n) is 5.45. The molecule has 1 heterocycles. The predicted octanol–water partition coefficient (Wildman–Crippen LogP) is 3.56. The SMILES string of the molecule is CCOC(=O)[C@H](Cc1ccccc1)NCc1nc2ccccc2s1. The zero-order valence-corrected chi connectivity index (χ0v) is 14.4. The van der Waals surface area contributed by atoms with Crippen LogP contribution in [0.2, 0.25) is 0 Å². The van der Waals surface area contributed by atoms with Crippen LogP contribution in [-0.2, 0) is 22.5 Å². The number of esters is 1. The molecule has 1 atom stereocenters. The number of nitrogens with zero attached hydrogens (tertiary/aromatic N) is 1. The van der Waals surface area contributed by atoms with E-state index < -0.39 is 0 Å². The Hall–Kier alpha value is -2.24. The van der Waals surface area contributed by atoms with Crippen LogP contribution in [0, 0.1) is 0 Å². The van der Waals surface area contributed by atoms with E-state index in [1.165, 1.54) is 0 Å². The second-order valence-corrected chi connectivity index (χ2v) is 6.57. The summed E-state index contributed by atoms with van der Waals surface area (Å²) in [4.78, 5) is 16.8. The molecule has 0 saturated carbocycles. The molecule has 0 bridgehead atoms. The first kappa shape index (κ1) is 16.6. The highest BCUT2D eigenvalue weighted by Crippen LogP contribution is 2.21. The quantitative estimate of drug-likeness (QED) is 0.668. The molecule has 1 aromatic heterocycles. The fourth-order valence-electron chi connectivity index (χ4n) is 2.54. The average molecular weight is 340 g/mol. The number of carbonyl (C=O) groups is 1. The van der Waals surface area contributed by atoms with Crippen LogP contribution in [0.5, 0.6) is 0 Å². The van der Waals surface area contributed by atoms with E-state index in [-0.39, 0.29) is 12.0 Å². The Labute approximate surface area is 145 Å². The molecule has 3 rings (SSSR count). The maximum absolute atomic E-state index is 12.2. The Kier molecular flexibility index (Phi) is 5.56. The summed E-state index contributed by atoms with van der Waals surface area (Å²) in [6, 6.07) is 17.6. The number of hydrogen-bond acceptors (Lipinski definition) is 5. The molecule has 3 aromatic rings. The Bertz CT molecular complexity index is 768.